The molecule has 76 valence electrons. The van der Waals surface area contributed by atoms with Crippen molar-refractivity contribution in [1.29, 1.82) is 0 Å². The van der Waals surface area contributed by atoms with Crippen molar-refractivity contribution in [2.24, 2.45) is 5.92 Å². The number of carbonyl (C=O) groups is 1. The van der Waals surface area contributed by atoms with Crippen LogP contribution in [0.5, 0.6) is 0 Å². The third-order valence-corrected chi connectivity index (χ3v) is 2.58. The molecule has 13 heavy (non-hydrogen) atoms. The van der Waals surface area contributed by atoms with Gasteiger partial charge < -0.3 is 15.0 Å². The minimum atomic E-state index is -0.0909. The van der Waals surface area contributed by atoms with Crippen LogP contribution in [-0.4, -0.2) is 51.2 Å². The molecule has 1 aliphatic heterocycles. The van der Waals surface area contributed by atoms with Gasteiger partial charge in [-0.25, -0.2) is 0 Å². The number of ether oxygens (including phenoxy) is 1. The predicted octanol–water partition coefficient (Wildman–Crippen LogP) is -0.301. The van der Waals surface area contributed by atoms with Gasteiger partial charge >= 0.3 is 5.97 Å². The van der Waals surface area contributed by atoms with Gasteiger partial charge in [0.15, 0.2) is 0 Å². The van der Waals surface area contributed by atoms with Crippen LogP contribution in [0.2, 0.25) is 0 Å². The summed E-state index contributed by atoms with van der Waals surface area (Å²) in [6, 6.07) is 0.405. The second-order valence-electron chi connectivity index (χ2n) is 3.66. The van der Waals surface area contributed by atoms with Crippen LogP contribution in [0.25, 0.3) is 0 Å². The normalized spacial score (nSPS) is 30.1. The van der Waals surface area contributed by atoms with E-state index in [4.69, 9.17) is 4.74 Å². The first-order valence-corrected chi connectivity index (χ1v) is 4.61. The molecule has 1 heterocycles. The Morgan fingerprint density at radius 3 is 2.77 bits per heavy atom. The van der Waals surface area contributed by atoms with Gasteiger partial charge in [0.05, 0.1) is 13.0 Å². The third-order valence-electron chi connectivity index (χ3n) is 2.58. The first kappa shape index (κ1) is 10.5. The summed E-state index contributed by atoms with van der Waals surface area (Å²) in [6.07, 6.45) is 0.882. The van der Waals surface area contributed by atoms with Crippen molar-refractivity contribution in [3.05, 3.63) is 0 Å². The molecule has 0 bridgehead atoms. The molecule has 1 aliphatic rings. The van der Waals surface area contributed by atoms with E-state index in [-0.39, 0.29) is 11.9 Å². The maximum Gasteiger partial charge on any atom is 0.310 e. The molecule has 2 atom stereocenters. The van der Waals surface area contributed by atoms with E-state index in [9.17, 15) is 4.79 Å². The first-order chi connectivity index (χ1) is 6.17. The fourth-order valence-corrected chi connectivity index (χ4v) is 1.87. The fourth-order valence-electron chi connectivity index (χ4n) is 1.87. The van der Waals surface area contributed by atoms with Crippen LogP contribution < -0.4 is 5.32 Å². The lowest BCUT2D eigenvalue weighted by atomic mass is 9.95. The largest absolute Gasteiger partial charge is 0.469 e. The average Bonchev–Trinajstić information content (AvgIpc) is 2.15. The monoisotopic (exact) mass is 186 g/mol. The van der Waals surface area contributed by atoms with E-state index in [2.05, 4.69) is 10.2 Å². The molecule has 0 spiro atoms. The Labute approximate surface area is 79.2 Å². The fraction of sp³-hybridized carbons (Fsp3) is 0.889. The molecule has 1 saturated heterocycles. The number of nitrogens with zero attached hydrogens (tertiary/aromatic N) is 1. The van der Waals surface area contributed by atoms with Crippen molar-refractivity contribution in [2.45, 2.75) is 12.5 Å². The number of likely N-dealkylation sites (tertiary alicyclic amines) is 1. The first-order valence-electron chi connectivity index (χ1n) is 4.61. The van der Waals surface area contributed by atoms with Crippen LogP contribution in [0.4, 0.5) is 0 Å². The van der Waals surface area contributed by atoms with Gasteiger partial charge in [0, 0.05) is 19.1 Å². The van der Waals surface area contributed by atoms with E-state index in [1.807, 2.05) is 14.1 Å². The van der Waals surface area contributed by atoms with Crippen molar-refractivity contribution in [3.63, 3.8) is 0 Å². The van der Waals surface area contributed by atoms with Crippen molar-refractivity contribution in [1.82, 2.24) is 10.2 Å². The van der Waals surface area contributed by atoms with Crippen LogP contribution in [0.1, 0.15) is 6.42 Å². The molecule has 1 rings (SSSR count). The Bertz CT molecular complexity index is 184. The van der Waals surface area contributed by atoms with Crippen LogP contribution in [-0.2, 0) is 9.53 Å². The zero-order valence-electron chi connectivity index (χ0n) is 8.54. The summed E-state index contributed by atoms with van der Waals surface area (Å²) in [7, 11) is 5.41. The van der Waals surface area contributed by atoms with Gasteiger partial charge in [-0.2, -0.15) is 0 Å². The van der Waals surface area contributed by atoms with Crippen molar-refractivity contribution in [3.8, 4) is 0 Å². The number of hydrogen-bond acceptors (Lipinski definition) is 4. The topological polar surface area (TPSA) is 41.6 Å². The molecule has 1 fully saturated rings. The Morgan fingerprint density at radius 1 is 1.54 bits per heavy atom. The standard InChI is InChI=1S/C9H18N2O2/c1-10-8-4-7(9(12)13-3)5-11(2)6-8/h7-8,10H,4-6H2,1-3H3. The molecule has 0 aromatic carbocycles. The van der Waals surface area contributed by atoms with Crippen molar-refractivity contribution < 1.29 is 9.53 Å². The summed E-state index contributed by atoms with van der Waals surface area (Å²) >= 11 is 0. The van der Waals surface area contributed by atoms with Gasteiger partial charge in [0.25, 0.3) is 0 Å². The predicted molar refractivity (Wildman–Crippen MR) is 50.5 cm³/mol. The highest BCUT2D eigenvalue weighted by atomic mass is 16.5. The lowest BCUT2D eigenvalue weighted by Crippen LogP contribution is -2.48. The highest BCUT2D eigenvalue weighted by Crippen LogP contribution is 2.16. The highest BCUT2D eigenvalue weighted by molar-refractivity contribution is 5.72. The molecule has 0 aromatic rings. The summed E-state index contributed by atoms with van der Waals surface area (Å²) in [6.45, 7) is 1.81. The zero-order chi connectivity index (χ0) is 9.84. The summed E-state index contributed by atoms with van der Waals surface area (Å²) < 4.78 is 4.74. The zero-order valence-corrected chi connectivity index (χ0v) is 8.54. The number of nitrogens with one attached hydrogen (secondary N) is 1. The average molecular weight is 186 g/mol. The van der Waals surface area contributed by atoms with E-state index < -0.39 is 0 Å². The highest BCUT2D eigenvalue weighted by Gasteiger charge is 2.29. The molecule has 0 aliphatic carbocycles. The maximum atomic E-state index is 11.3. The molecule has 0 saturated carbocycles. The minimum Gasteiger partial charge on any atom is -0.469 e. The Balaban J connectivity index is 2.51. The third kappa shape index (κ3) is 2.67. The molecular weight excluding hydrogens is 168 g/mol. The summed E-state index contributed by atoms with van der Waals surface area (Å²) in [4.78, 5) is 13.5. The number of methoxy groups -OCH3 is 1. The van der Waals surface area contributed by atoms with Crippen LogP contribution in [0.3, 0.4) is 0 Å². The number of esters is 1. The van der Waals surface area contributed by atoms with Gasteiger partial charge in [0.2, 0.25) is 0 Å². The Kier molecular flexibility index (Phi) is 3.69. The van der Waals surface area contributed by atoms with Gasteiger partial charge in [-0.05, 0) is 20.5 Å². The van der Waals surface area contributed by atoms with Crippen LogP contribution in [0, 0.1) is 5.92 Å². The van der Waals surface area contributed by atoms with E-state index in [1.165, 1.54) is 7.11 Å². The number of carbonyl (C=O) groups excluding carboxylic acids is 1. The number of hydrogen-bond donors (Lipinski definition) is 1. The van der Waals surface area contributed by atoms with Crippen LogP contribution >= 0.6 is 0 Å². The number of piperidine rings is 1. The van der Waals surface area contributed by atoms with Gasteiger partial charge in [-0.1, -0.05) is 0 Å². The van der Waals surface area contributed by atoms with Gasteiger partial charge in [-0.3, -0.25) is 4.79 Å². The van der Waals surface area contributed by atoms with E-state index in [0.717, 1.165) is 19.5 Å². The SMILES string of the molecule is CNC1CC(C(=O)OC)CN(C)C1. The lowest BCUT2D eigenvalue weighted by Gasteiger charge is -2.33. The minimum absolute atomic E-state index is 0.0289. The maximum absolute atomic E-state index is 11.3. The summed E-state index contributed by atoms with van der Waals surface area (Å²) in [5.41, 5.74) is 0. The summed E-state index contributed by atoms with van der Waals surface area (Å²) in [5, 5.41) is 3.19. The molecule has 4 heteroatoms. The molecular formula is C9H18N2O2. The van der Waals surface area contributed by atoms with E-state index in [1.54, 1.807) is 0 Å². The van der Waals surface area contributed by atoms with Crippen molar-refractivity contribution >= 4 is 5.97 Å². The Morgan fingerprint density at radius 2 is 2.23 bits per heavy atom. The molecule has 0 aromatic heterocycles. The quantitative estimate of drug-likeness (QED) is 0.601. The number of likely N-dealkylation sites (N-methyl/N-ethyl adjacent to an activating group) is 2. The molecule has 0 radical (unpaired) electrons. The van der Waals surface area contributed by atoms with E-state index in [0.29, 0.717) is 6.04 Å². The molecule has 0 amide bonds. The van der Waals surface area contributed by atoms with Gasteiger partial charge in [-0.15, -0.1) is 0 Å². The number of rotatable bonds is 2. The lowest BCUT2D eigenvalue weighted by molar-refractivity contribution is -0.147. The van der Waals surface area contributed by atoms with Crippen LogP contribution in [0.15, 0.2) is 0 Å². The molecule has 4 nitrogen and oxygen atoms in total. The second kappa shape index (κ2) is 4.58. The van der Waals surface area contributed by atoms with Crippen molar-refractivity contribution in [2.75, 3.05) is 34.3 Å². The molecule has 1 N–H and O–H groups in total. The second-order valence-corrected chi connectivity index (χ2v) is 3.66. The van der Waals surface area contributed by atoms with Gasteiger partial charge in [0.1, 0.15) is 0 Å². The van der Waals surface area contributed by atoms with E-state index >= 15 is 0 Å². The smallest absolute Gasteiger partial charge is 0.310 e. The molecule has 2 unspecified atom stereocenters. The summed E-state index contributed by atoms with van der Waals surface area (Å²) in [5.74, 6) is -0.0620. The Hall–Kier alpha value is -0.610.